The molecular weight excluding hydrogens is 302 g/mol. The van der Waals surface area contributed by atoms with Crippen molar-refractivity contribution in [3.05, 3.63) is 29.8 Å². The van der Waals surface area contributed by atoms with E-state index in [4.69, 9.17) is 0 Å². The molecule has 5 nitrogen and oxygen atoms in total. The number of likely N-dealkylation sites (tertiary alicyclic amines) is 1. The summed E-state index contributed by atoms with van der Waals surface area (Å²) >= 11 is 0. The predicted octanol–water partition coefficient (Wildman–Crippen LogP) is 2.89. The van der Waals surface area contributed by atoms with E-state index in [0.29, 0.717) is 23.2 Å². The number of piperidine rings is 1. The number of nitrogens with zero attached hydrogens (tertiary/aromatic N) is 1. The molecule has 0 radical (unpaired) electrons. The molecule has 0 saturated carbocycles. The van der Waals surface area contributed by atoms with Crippen LogP contribution in [0.4, 0.5) is 5.69 Å². The van der Waals surface area contributed by atoms with Crippen molar-refractivity contribution >= 4 is 17.5 Å². The summed E-state index contributed by atoms with van der Waals surface area (Å²) in [5.74, 6) is 0.653. The van der Waals surface area contributed by atoms with Crippen LogP contribution in [0, 0.1) is 5.92 Å². The molecule has 0 aromatic heterocycles. The zero-order valence-electron chi connectivity index (χ0n) is 15.0. The van der Waals surface area contributed by atoms with Gasteiger partial charge in [-0.15, -0.1) is 0 Å². The Morgan fingerprint density at radius 1 is 1.29 bits per heavy atom. The third-order valence-electron chi connectivity index (χ3n) is 4.69. The molecule has 1 unspecified atom stereocenters. The maximum Gasteiger partial charge on any atom is 0.253 e. The van der Waals surface area contributed by atoms with Crippen molar-refractivity contribution in [2.45, 2.75) is 46.1 Å². The first-order valence-corrected chi connectivity index (χ1v) is 8.92. The number of hydrogen-bond acceptors (Lipinski definition) is 3. The number of anilines is 1. The van der Waals surface area contributed by atoms with Gasteiger partial charge in [0.1, 0.15) is 0 Å². The van der Waals surface area contributed by atoms with Gasteiger partial charge < -0.3 is 15.5 Å². The van der Waals surface area contributed by atoms with Crippen molar-refractivity contribution in [3.63, 3.8) is 0 Å². The van der Waals surface area contributed by atoms with Gasteiger partial charge in [0.15, 0.2) is 0 Å². The Morgan fingerprint density at radius 2 is 2.00 bits per heavy atom. The fourth-order valence-electron chi connectivity index (χ4n) is 2.74. The largest absolute Gasteiger partial charge is 0.339 e. The first-order valence-electron chi connectivity index (χ1n) is 8.92. The Kier molecular flexibility index (Phi) is 6.79. The third kappa shape index (κ3) is 5.34. The summed E-state index contributed by atoms with van der Waals surface area (Å²) in [6.45, 7) is 8.26. The topological polar surface area (TPSA) is 61.4 Å². The molecule has 1 saturated heterocycles. The molecule has 2 N–H and O–H groups in total. The Labute approximate surface area is 144 Å². The van der Waals surface area contributed by atoms with E-state index in [1.54, 1.807) is 6.07 Å². The van der Waals surface area contributed by atoms with E-state index in [1.807, 2.05) is 30.0 Å². The lowest BCUT2D eigenvalue weighted by atomic mass is 9.98. The average molecular weight is 331 g/mol. The minimum Gasteiger partial charge on any atom is -0.339 e. The van der Waals surface area contributed by atoms with Crippen molar-refractivity contribution in [3.8, 4) is 0 Å². The summed E-state index contributed by atoms with van der Waals surface area (Å²) in [4.78, 5) is 26.5. The zero-order valence-corrected chi connectivity index (χ0v) is 15.0. The van der Waals surface area contributed by atoms with Crippen molar-refractivity contribution in [1.29, 1.82) is 0 Å². The highest BCUT2D eigenvalue weighted by molar-refractivity contribution is 5.97. The lowest BCUT2D eigenvalue weighted by molar-refractivity contribution is -0.115. The van der Waals surface area contributed by atoms with Crippen LogP contribution in [0.2, 0.25) is 0 Å². The summed E-state index contributed by atoms with van der Waals surface area (Å²) in [5.41, 5.74) is 1.31. The number of amides is 2. The Hall–Kier alpha value is -1.88. The molecule has 0 bridgehead atoms. The quantitative estimate of drug-likeness (QED) is 0.842. The first kappa shape index (κ1) is 18.5. The SMILES string of the molecule is CCC(C)NCC(=O)Nc1cccc(C(=O)N2CCC(C)CC2)c1. The minimum absolute atomic E-state index is 0.0516. The number of nitrogens with one attached hydrogen (secondary N) is 2. The van der Waals surface area contributed by atoms with Crippen LogP contribution < -0.4 is 10.6 Å². The second-order valence-electron chi connectivity index (χ2n) is 6.79. The van der Waals surface area contributed by atoms with E-state index < -0.39 is 0 Å². The van der Waals surface area contributed by atoms with Gasteiger partial charge in [0, 0.05) is 30.4 Å². The number of carbonyl (C=O) groups excluding carboxylic acids is 2. The molecule has 1 atom stereocenters. The van der Waals surface area contributed by atoms with Gasteiger partial charge in [-0.05, 0) is 50.3 Å². The highest BCUT2D eigenvalue weighted by Crippen LogP contribution is 2.19. The van der Waals surface area contributed by atoms with Gasteiger partial charge >= 0.3 is 0 Å². The fourth-order valence-corrected chi connectivity index (χ4v) is 2.74. The van der Waals surface area contributed by atoms with E-state index in [1.165, 1.54) is 0 Å². The molecule has 1 aliphatic rings. The summed E-state index contributed by atoms with van der Waals surface area (Å²) in [6.07, 6.45) is 3.10. The van der Waals surface area contributed by atoms with Gasteiger partial charge in [0.25, 0.3) is 5.91 Å². The molecule has 132 valence electrons. The Morgan fingerprint density at radius 3 is 2.67 bits per heavy atom. The van der Waals surface area contributed by atoms with E-state index in [2.05, 4.69) is 24.5 Å². The molecule has 0 aliphatic carbocycles. The van der Waals surface area contributed by atoms with Crippen molar-refractivity contribution in [1.82, 2.24) is 10.2 Å². The molecule has 1 aliphatic heterocycles. The highest BCUT2D eigenvalue weighted by atomic mass is 16.2. The molecule has 2 amide bonds. The van der Waals surface area contributed by atoms with Gasteiger partial charge in [-0.2, -0.15) is 0 Å². The molecule has 0 spiro atoms. The van der Waals surface area contributed by atoms with E-state index >= 15 is 0 Å². The normalized spacial score (nSPS) is 16.7. The van der Waals surface area contributed by atoms with Crippen LogP contribution in [0.5, 0.6) is 0 Å². The number of hydrogen-bond donors (Lipinski definition) is 2. The van der Waals surface area contributed by atoms with E-state index in [0.717, 1.165) is 32.4 Å². The lowest BCUT2D eigenvalue weighted by Crippen LogP contribution is -2.38. The summed E-state index contributed by atoms with van der Waals surface area (Å²) in [7, 11) is 0. The van der Waals surface area contributed by atoms with Gasteiger partial charge in [0.05, 0.1) is 6.54 Å². The maximum absolute atomic E-state index is 12.6. The fraction of sp³-hybridized carbons (Fsp3) is 0.579. The summed E-state index contributed by atoms with van der Waals surface area (Å²) in [6, 6.07) is 7.52. The summed E-state index contributed by atoms with van der Waals surface area (Å²) < 4.78 is 0. The summed E-state index contributed by atoms with van der Waals surface area (Å²) in [5, 5.41) is 6.01. The maximum atomic E-state index is 12.6. The molecular formula is C19H29N3O2. The van der Waals surface area contributed by atoms with E-state index in [-0.39, 0.29) is 18.4 Å². The Balaban J connectivity index is 1.93. The molecule has 1 fully saturated rings. The zero-order chi connectivity index (χ0) is 17.5. The standard InChI is InChI=1S/C19H29N3O2/c1-4-15(3)20-13-18(23)21-17-7-5-6-16(12-17)19(24)22-10-8-14(2)9-11-22/h5-7,12,14-15,20H,4,8-11,13H2,1-3H3,(H,21,23). The smallest absolute Gasteiger partial charge is 0.253 e. The average Bonchev–Trinajstić information content (AvgIpc) is 2.60. The first-order chi connectivity index (χ1) is 11.5. The van der Waals surface area contributed by atoms with Crippen molar-refractivity contribution in [2.24, 2.45) is 5.92 Å². The molecule has 1 heterocycles. The number of rotatable bonds is 6. The van der Waals surface area contributed by atoms with Crippen LogP contribution >= 0.6 is 0 Å². The second kappa shape index (κ2) is 8.83. The number of carbonyl (C=O) groups is 2. The van der Waals surface area contributed by atoms with Crippen LogP contribution in [0.15, 0.2) is 24.3 Å². The Bertz CT molecular complexity index is 565. The molecule has 1 aromatic rings. The molecule has 2 rings (SSSR count). The van der Waals surface area contributed by atoms with Crippen LogP contribution in [-0.4, -0.2) is 42.4 Å². The monoisotopic (exact) mass is 331 g/mol. The molecule has 5 heteroatoms. The predicted molar refractivity (Wildman–Crippen MR) is 97.1 cm³/mol. The molecule has 1 aromatic carbocycles. The van der Waals surface area contributed by atoms with Crippen molar-refractivity contribution < 1.29 is 9.59 Å². The van der Waals surface area contributed by atoms with Gasteiger partial charge in [0.2, 0.25) is 5.91 Å². The van der Waals surface area contributed by atoms with Gasteiger partial charge in [-0.1, -0.05) is 19.9 Å². The van der Waals surface area contributed by atoms with E-state index in [9.17, 15) is 9.59 Å². The highest BCUT2D eigenvalue weighted by Gasteiger charge is 2.21. The molecule has 24 heavy (non-hydrogen) atoms. The van der Waals surface area contributed by atoms with Crippen LogP contribution in [0.3, 0.4) is 0 Å². The van der Waals surface area contributed by atoms with Crippen molar-refractivity contribution in [2.75, 3.05) is 25.0 Å². The van der Waals surface area contributed by atoms with Gasteiger partial charge in [-0.3, -0.25) is 9.59 Å². The van der Waals surface area contributed by atoms with Gasteiger partial charge in [-0.25, -0.2) is 0 Å². The number of benzene rings is 1. The second-order valence-corrected chi connectivity index (χ2v) is 6.79. The lowest BCUT2D eigenvalue weighted by Gasteiger charge is -2.30. The minimum atomic E-state index is -0.0910. The van der Waals surface area contributed by atoms with Crippen LogP contribution in [0.1, 0.15) is 50.4 Å². The van der Waals surface area contributed by atoms with Crippen LogP contribution in [0.25, 0.3) is 0 Å². The third-order valence-corrected chi connectivity index (χ3v) is 4.69. The van der Waals surface area contributed by atoms with Crippen LogP contribution in [-0.2, 0) is 4.79 Å².